The molecule has 180 valence electrons. The van der Waals surface area contributed by atoms with Crippen LogP contribution in [-0.4, -0.2) is 58.8 Å². The number of hydrogen-bond donors (Lipinski definition) is 1. The molecular weight excluding hydrogens is 412 g/mol. The van der Waals surface area contributed by atoms with E-state index in [2.05, 4.69) is 6.58 Å². The lowest BCUT2D eigenvalue weighted by Crippen LogP contribution is -2.52. The van der Waals surface area contributed by atoms with Crippen LogP contribution in [0.15, 0.2) is 23.8 Å². The van der Waals surface area contributed by atoms with Crippen LogP contribution >= 0.6 is 0 Å². The van der Waals surface area contributed by atoms with Gasteiger partial charge in [-0.05, 0) is 53.0 Å². The molecule has 0 bridgehead atoms. The first kappa shape index (κ1) is 24.9. The van der Waals surface area contributed by atoms with E-state index in [1.165, 1.54) is 0 Å². The van der Waals surface area contributed by atoms with Gasteiger partial charge in [0.25, 0.3) is 0 Å². The van der Waals surface area contributed by atoms with Crippen LogP contribution in [-0.2, 0) is 28.5 Å². The van der Waals surface area contributed by atoms with Gasteiger partial charge in [-0.15, -0.1) is 0 Å². The maximum Gasteiger partial charge on any atom is 0.333 e. The highest BCUT2D eigenvalue weighted by Gasteiger charge is 2.66. The molecule has 0 aromatic heterocycles. The Morgan fingerprint density at radius 2 is 1.91 bits per heavy atom. The fraction of sp³-hybridized carbons (Fsp3) is 0.760. The molecule has 3 fully saturated rings. The highest BCUT2D eigenvalue weighted by molar-refractivity contribution is 5.87. The van der Waals surface area contributed by atoms with E-state index in [9.17, 15) is 14.7 Å². The lowest BCUT2D eigenvalue weighted by molar-refractivity contribution is -0.168. The van der Waals surface area contributed by atoms with E-state index in [4.69, 9.17) is 18.9 Å². The van der Waals surface area contributed by atoms with Crippen LogP contribution in [0, 0.1) is 11.8 Å². The summed E-state index contributed by atoms with van der Waals surface area (Å²) in [5.41, 5.74) is 0.104. The molecule has 1 N–H and O–H groups in total. The maximum absolute atomic E-state index is 12.6. The second-order valence-electron chi connectivity index (χ2n) is 10.2. The summed E-state index contributed by atoms with van der Waals surface area (Å²) in [6, 6.07) is 0. The number of aliphatic hydroxyl groups excluding tert-OH is 1. The number of aliphatic hydroxyl groups is 1. The number of allylic oxidation sites excluding steroid dienone is 1. The van der Waals surface area contributed by atoms with Gasteiger partial charge in [-0.1, -0.05) is 26.5 Å². The second kappa shape index (κ2) is 8.92. The average Bonchev–Trinajstić information content (AvgIpc) is 3.60. The van der Waals surface area contributed by atoms with Crippen LogP contribution in [0.5, 0.6) is 0 Å². The van der Waals surface area contributed by atoms with Crippen LogP contribution in [0.2, 0.25) is 0 Å². The molecule has 1 aliphatic carbocycles. The maximum atomic E-state index is 12.6. The van der Waals surface area contributed by atoms with Gasteiger partial charge in [-0.3, -0.25) is 4.79 Å². The molecule has 3 aliphatic rings. The Morgan fingerprint density at radius 1 is 1.28 bits per heavy atom. The lowest BCUT2D eigenvalue weighted by Gasteiger charge is -2.39. The van der Waals surface area contributed by atoms with Crippen molar-refractivity contribution in [2.75, 3.05) is 0 Å². The molecule has 2 unspecified atom stereocenters. The summed E-state index contributed by atoms with van der Waals surface area (Å²) in [5.74, 6) is -1.46. The van der Waals surface area contributed by atoms with Crippen molar-refractivity contribution < 1.29 is 33.6 Å². The fourth-order valence-electron chi connectivity index (χ4n) is 4.36. The molecule has 2 saturated heterocycles. The number of carbonyl (C=O) groups excluding carboxylic acids is 2. The molecule has 8 atom stereocenters. The third kappa shape index (κ3) is 4.80. The van der Waals surface area contributed by atoms with Crippen LogP contribution in [0.25, 0.3) is 0 Å². The van der Waals surface area contributed by atoms with Gasteiger partial charge in [0.05, 0.1) is 23.7 Å². The molecule has 2 aliphatic heterocycles. The van der Waals surface area contributed by atoms with Gasteiger partial charge in [-0.25, -0.2) is 4.79 Å². The minimum Gasteiger partial charge on any atom is -0.459 e. The van der Waals surface area contributed by atoms with Gasteiger partial charge >= 0.3 is 11.9 Å². The summed E-state index contributed by atoms with van der Waals surface area (Å²) in [6.07, 6.45) is 0.676. The predicted octanol–water partition coefficient (Wildman–Crippen LogP) is 3.48. The highest BCUT2D eigenvalue weighted by Crippen LogP contribution is 2.53. The first-order valence-electron chi connectivity index (χ1n) is 11.6. The number of rotatable bonds is 9. The first-order valence-corrected chi connectivity index (χ1v) is 11.6. The Kier molecular flexibility index (Phi) is 6.95. The van der Waals surface area contributed by atoms with E-state index in [0.29, 0.717) is 30.4 Å². The van der Waals surface area contributed by atoms with Crippen LogP contribution in [0.4, 0.5) is 0 Å². The van der Waals surface area contributed by atoms with E-state index in [0.717, 1.165) is 0 Å². The molecule has 0 aromatic carbocycles. The van der Waals surface area contributed by atoms with E-state index in [1.54, 1.807) is 26.8 Å². The Balaban J connectivity index is 1.84. The lowest BCUT2D eigenvalue weighted by atomic mass is 9.73. The first-order chi connectivity index (χ1) is 14.9. The van der Waals surface area contributed by atoms with Crippen molar-refractivity contribution in [2.45, 2.75) is 109 Å². The van der Waals surface area contributed by atoms with Crippen LogP contribution in [0.3, 0.4) is 0 Å². The number of hydrogen-bond acceptors (Lipinski definition) is 7. The SMILES string of the molecule is C=C(C(C[C@H]1OC1(C)C)OC(=O)/C(C)=C\C)[C@H]1C[C@H]2O[C@@]2(C)[C@@H](O)[C@H]1OC(=O)C(C)CC. The van der Waals surface area contributed by atoms with Gasteiger partial charge in [0.15, 0.2) is 0 Å². The van der Waals surface area contributed by atoms with Crippen molar-refractivity contribution in [3.63, 3.8) is 0 Å². The zero-order valence-corrected chi connectivity index (χ0v) is 20.3. The summed E-state index contributed by atoms with van der Waals surface area (Å²) in [5, 5.41) is 11.0. The van der Waals surface area contributed by atoms with Crippen molar-refractivity contribution in [1.29, 1.82) is 0 Å². The minimum atomic E-state index is -0.988. The molecule has 32 heavy (non-hydrogen) atoms. The third-order valence-electron chi connectivity index (χ3n) is 7.49. The van der Waals surface area contributed by atoms with Crippen LogP contribution in [0.1, 0.15) is 67.7 Å². The molecular formula is C25H38O7. The van der Waals surface area contributed by atoms with Crippen LogP contribution < -0.4 is 0 Å². The third-order valence-corrected chi connectivity index (χ3v) is 7.49. The quantitative estimate of drug-likeness (QED) is 0.248. The van der Waals surface area contributed by atoms with Gasteiger partial charge < -0.3 is 24.1 Å². The zero-order valence-electron chi connectivity index (χ0n) is 20.3. The van der Waals surface area contributed by atoms with Crippen molar-refractivity contribution in [2.24, 2.45) is 11.8 Å². The minimum absolute atomic E-state index is 0.0694. The fourth-order valence-corrected chi connectivity index (χ4v) is 4.36. The largest absolute Gasteiger partial charge is 0.459 e. The Morgan fingerprint density at radius 3 is 2.44 bits per heavy atom. The van der Waals surface area contributed by atoms with Gasteiger partial charge in [0.1, 0.15) is 23.9 Å². The number of ether oxygens (including phenoxy) is 4. The van der Waals surface area contributed by atoms with Crippen molar-refractivity contribution >= 4 is 11.9 Å². The van der Waals surface area contributed by atoms with Crippen molar-refractivity contribution in [3.05, 3.63) is 23.8 Å². The molecule has 7 heteroatoms. The number of esters is 2. The van der Waals surface area contributed by atoms with E-state index >= 15 is 0 Å². The second-order valence-corrected chi connectivity index (χ2v) is 10.2. The molecule has 7 nitrogen and oxygen atoms in total. The number of epoxide rings is 2. The summed E-state index contributed by atoms with van der Waals surface area (Å²) in [7, 11) is 0. The smallest absolute Gasteiger partial charge is 0.333 e. The van der Waals surface area contributed by atoms with E-state index in [-0.39, 0.29) is 29.7 Å². The molecule has 3 rings (SSSR count). The van der Waals surface area contributed by atoms with Crippen molar-refractivity contribution in [3.8, 4) is 0 Å². The zero-order chi connectivity index (χ0) is 24.0. The van der Waals surface area contributed by atoms with E-state index < -0.39 is 35.8 Å². The van der Waals surface area contributed by atoms with E-state index in [1.807, 2.05) is 27.7 Å². The Labute approximate surface area is 191 Å². The summed E-state index contributed by atoms with van der Waals surface area (Å²) < 4.78 is 23.2. The topological polar surface area (TPSA) is 97.9 Å². The summed E-state index contributed by atoms with van der Waals surface area (Å²) in [4.78, 5) is 25.2. The average molecular weight is 451 g/mol. The molecule has 2 heterocycles. The molecule has 1 saturated carbocycles. The number of carbonyl (C=O) groups is 2. The monoisotopic (exact) mass is 450 g/mol. The molecule has 0 aromatic rings. The molecule has 0 radical (unpaired) electrons. The summed E-state index contributed by atoms with van der Waals surface area (Å²) >= 11 is 0. The highest BCUT2D eigenvalue weighted by atomic mass is 16.6. The van der Waals surface area contributed by atoms with Gasteiger partial charge in [0, 0.05) is 17.9 Å². The predicted molar refractivity (Wildman–Crippen MR) is 119 cm³/mol. The van der Waals surface area contributed by atoms with Gasteiger partial charge in [-0.2, -0.15) is 0 Å². The Hall–Kier alpha value is -1.70. The standard InChI is InChI=1S/C25H38O7/c1-9-13(3)22(27)29-17(12-18-24(6,7)31-18)15(5)16-11-19-25(8,32-19)21(26)20(16)30-23(28)14(4)10-2/h9,14,16-21,26H,5,10-12H2,1-4,6-8H3/b13-9-/t14?,16-,17?,18-,19-,20+,21+,25-/m1/s1. The number of fused-ring (bicyclic) bond motifs is 1. The van der Waals surface area contributed by atoms with Gasteiger partial charge in [0.2, 0.25) is 0 Å². The molecule has 0 spiro atoms. The molecule has 0 amide bonds. The normalized spacial score (nSPS) is 37.0. The summed E-state index contributed by atoms with van der Waals surface area (Å²) in [6.45, 7) is 17.3. The van der Waals surface area contributed by atoms with Crippen molar-refractivity contribution in [1.82, 2.24) is 0 Å². The Bertz CT molecular complexity index is 800.